The van der Waals surface area contributed by atoms with Crippen molar-refractivity contribution < 1.29 is 12.4 Å². The Balaban J connectivity index is 0.00000146. The summed E-state index contributed by atoms with van der Waals surface area (Å²) in [5.74, 6) is 0.817. The molecule has 2 aliphatic carbocycles. The third kappa shape index (κ3) is 2.59. The van der Waals surface area contributed by atoms with Crippen molar-refractivity contribution in [2.75, 3.05) is 6.54 Å². The van der Waals surface area contributed by atoms with Gasteiger partial charge in [0.25, 0.3) is 0 Å². The second kappa shape index (κ2) is 6.72. The molecule has 1 aromatic heterocycles. The van der Waals surface area contributed by atoms with Crippen molar-refractivity contribution in [3.63, 3.8) is 0 Å². The first-order valence-corrected chi connectivity index (χ1v) is 9.80. The van der Waals surface area contributed by atoms with Crippen LogP contribution in [-0.4, -0.2) is 11.1 Å². The van der Waals surface area contributed by atoms with Gasteiger partial charge in [0.05, 0.1) is 0 Å². The average Bonchev–Trinajstić information content (AvgIpc) is 2.77. The molecule has 2 aromatic rings. The van der Waals surface area contributed by atoms with Crippen molar-refractivity contribution in [1.82, 2.24) is 9.88 Å². The van der Waals surface area contributed by atoms with Gasteiger partial charge in [-0.2, -0.15) is 0 Å². The number of hydrogen-bond donors (Lipinski definition) is 1. The smallest absolute Gasteiger partial charge is 0.0486 e. The Hall–Kier alpha value is -0.990. The standard InChI is InChI=1S/C21H28N2.ClH/c1-2-6-15(7-3-1)16-10-11-20-18(14-16)17-8-4-9-19-21(17)23(20)13-5-12-22-19;/h10-11,14-15,19,22H,1-9,12-13H2;1H/p-1. The van der Waals surface area contributed by atoms with E-state index in [-0.39, 0.29) is 12.4 Å². The van der Waals surface area contributed by atoms with Crippen molar-refractivity contribution in [2.24, 2.45) is 0 Å². The number of benzene rings is 1. The van der Waals surface area contributed by atoms with Crippen LogP contribution in [0.5, 0.6) is 0 Å². The third-order valence-electron chi connectivity index (χ3n) is 6.51. The van der Waals surface area contributed by atoms with Gasteiger partial charge in [-0.25, -0.2) is 0 Å². The summed E-state index contributed by atoms with van der Waals surface area (Å²) >= 11 is 0. The zero-order valence-electron chi connectivity index (χ0n) is 14.5. The molecular formula is C21H28ClN2-. The number of aryl methyl sites for hydroxylation is 2. The minimum Gasteiger partial charge on any atom is -1.00 e. The Morgan fingerprint density at radius 2 is 1.83 bits per heavy atom. The molecule has 1 fully saturated rings. The van der Waals surface area contributed by atoms with Crippen LogP contribution in [0, 0.1) is 0 Å². The molecule has 130 valence electrons. The van der Waals surface area contributed by atoms with E-state index in [0.29, 0.717) is 6.04 Å². The van der Waals surface area contributed by atoms with Crippen molar-refractivity contribution in [3.05, 3.63) is 35.0 Å². The van der Waals surface area contributed by atoms with Gasteiger partial charge in [-0.1, -0.05) is 25.3 Å². The summed E-state index contributed by atoms with van der Waals surface area (Å²) in [6.07, 6.45) is 12.3. The Morgan fingerprint density at radius 1 is 0.958 bits per heavy atom. The number of halogens is 1. The van der Waals surface area contributed by atoms with Gasteiger partial charge >= 0.3 is 0 Å². The first kappa shape index (κ1) is 16.5. The van der Waals surface area contributed by atoms with Crippen LogP contribution in [0.25, 0.3) is 10.9 Å². The number of rotatable bonds is 1. The van der Waals surface area contributed by atoms with E-state index in [4.69, 9.17) is 0 Å². The van der Waals surface area contributed by atoms with Gasteiger partial charge in [0.1, 0.15) is 0 Å². The lowest BCUT2D eigenvalue weighted by Crippen LogP contribution is -3.00. The lowest BCUT2D eigenvalue weighted by atomic mass is 9.83. The SMILES string of the molecule is [Cl-].c1cc2c(cc1C1CCCCC1)c1c3n2CCCNC3CCC1. The maximum absolute atomic E-state index is 3.80. The summed E-state index contributed by atoms with van der Waals surface area (Å²) in [7, 11) is 0. The van der Waals surface area contributed by atoms with Crippen molar-refractivity contribution in [1.29, 1.82) is 0 Å². The van der Waals surface area contributed by atoms with Crippen LogP contribution >= 0.6 is 0 Å². The molecule has 2 nitrogen and oxygen atoms in total. The van der Waals surface area contributed by atoms with Crippen molar-refractivity contribution in [3.8, 4) is 0 Å². The maximum atomic E-state index is 3.80. The summed E-state index contributed by atoms with van der Waals surface area (Å²) < 4.78 is 2.65. The second-order valence-electron chi connectivity index (χ2n) is 7.88. The normalized spacial score (nSPS) is 24.2. The molecule has 3 heteroatoms. The highest BCUT2D eigenvalue weighted by Gasteiger charge is 2.29. The van der Waals surface area contributed by atoms with Crippen LogP contribution in [0.4, 0.5) is 0 Å². The van der Waals surface area contributed by atoms with Gasteiger partial charge in [0.15, 0.2) is 0 Å². The quantitative estimate of drug-likeness (QED) is 0.838. The van der Waals surface area contributed by atoms with Crippen molar-refractivity contribution in [2.45, 2.75) is 76.3 Å². The molecule has 0 amide bonds. The highest BCUT2D eigenvalue weighted by Crippen LogP contribution is 2.41. The topological polar surface area (TPSA) is 17.0 Å². The van der Waals surface area contributed by atoms with Crippen LogP contribution in [0.15, 0.2) is 18.2 Å². The van der Waals surface area contributed by atoms with Gasteiger partial charge in [-0.3, -0.25) is 0 Å². The molecule has 0 saturated heterocycles. The first-order chi connectivity index (χ1) is 11.4. The Kier molecular flexibility index (Phi) is 4.62. The zero-order valence-corrected chi connectivity index (χ0v) is 15.2. The third-order valence-corrected chi connectivity index (χ3v) is 6.51. The van der Waals surface area contributed by atoms with E-state index in [0.717, 1.165) is 5.92 Å². The summed E-state index contributed by atoms with van der Waals surface area (Å²) in [6.45, 7) is 2.37. The molecule has 1 saturated carbocycles. The molecule has 2 heterocycles. The minimum absolute atomic E-state index is 0. The largest absolute Gasteiger partial charge is 1.00 e. The van der Waals surface area contributed by atoms with Crippen LogP contribution in [-0.2, 0) is 13.0 Å². The van der Waals surface area contributed by atoms with Crippen LogP contribution in [0.1, 0.15) is 80.1 Å². The lowest BCUT2D eigenvalue weighted by molar-refractivity contribution is -0.00000469. The summed E-state index contributed by atoms with van der Waals surface area (Å²) in [5.41, 5.74) is 6.42. The van der Waals surface area contributed by atoms with Gasteiger partial charge in [-0.15, -0.1) is 0 Å². The Bertz CT molecular complexity index is 727. The number of fused-ring (bicyclic) bond motifs is 3. The Labute approximate surface area is 151 Å². The minimum atomic E-state index is 0. The fourth-order valence-corrected chi connectivity index (χ4v) is 5.39. The molecule has 0 radical (unpaired) electrons. The molecule has 1 atom stereocenters. The molecule has 1 aliphatic heterocycles. The number of nitrogens with zero attached hydrogens (tertiary/aromatic N) is 1. The van der Waals surface area contributed by atoms with Crippen LogP contribution in [0.2, 0.25) is 0 Å². The molecule has 5 rings (SSSR count). The average molecular weight is 344 g/mol. The zero-order chi connectivity index (χ0) is 15.2. The highest BCUT2D eigenvalue weighted by molar-refractivity contribution is 5.87. The van der Waals surface area contributed by atoms with Gasteiger partial charge in [-0.05, 0) is 74.2 Å². The van der Waals surface area contributed by atoms with Crippen LogP contribution in [0.3, 0.4) is 0 Å². The summed E-state index contributed by atoms with van der Waals surface area (Å²) in [5, 5.41) is 5.38. The lowest BCUT2D eigenvalue weighted by Gasteiger charge is -2.24. The summed E-state index contributed by atoms with van der Waals surface area (Å²) in [6, 6.07) is 8.07. The predicted octanol–water partition coefficient (Wildman–Crippen LogP) is 2.06. The van der Waals surface area contributed by atoms with Crippen LogP contribution < -0.4 is 17.7 Å². The number of nitrogens with one attached hydrogen (secondary N) is 1. The first-order valence-electron chi connectivity index (χ1n) is 9.80. The van der Waals surface area contributed by atoms with E-state index in [9.17, 15) is 0 Å². The maximum Gasteiger partial charge on any atom is 0.0486 e. The Morgan fingerprint density at radius 3 is 2.71 bits per heavy atom. The fraction of sp³-hybridized carbons (Fsp3) is 0.619. The van der Waals surface area contributed by atoms with Crippen molar-refractivity contribution >= 4 is 10.9 Å². The molecule has 24 heavy (non-hydrogen) atoms. The molecule has 1 aromatic carbocycles. The molecule has 1 N–H and O–H groups in total. The van der Waals surface area contributed by atoms with E-state index >= 15 is 0 Å². The van der Waals surface area contributed by atoms with E-state index in [1.54, 1.807) is 22.2 Å². The number of hydrogen-bond acceptors (Lipinski definition) is 1. The van der Waals surface area contributed by atoms with Gasteiger partial charge in [0.2, 0.25) is 0 Å². The van der Waals surface area contributed by atoms with E-state index in [2.05, 4.69) is 28.1 Å². The molecular weight excluding hydrogens is 316 g/mol. The molecule has 0 spiro atoms. The van der Waals surface area contributed by atoms with E-state index < -0.39 is 0 Å². The van der Waals surface area contributed by atoms with E-state index in [1.165, 1.54) is 76.4 Å². The molecule has 0 bridgehead atoms. The second-order valence-corrected chi connectivity index (χ2v) is 7.88. The number of aromatic nitrogens is 1. The fourth-order valence-electron chi connectivity index (χ4n) is 5.39. The highest BCUT2D eigenvalue weighted by atomic mass is 35.5. The van der Waals surface area contributed by atoms with E-state index in [1.807, 2.05) is 0 Å². The van der Waals surface area contributed by atoms with Gasteiger partial charge in [0, 0.05) is 29.2 Å². The summed E-state index contributed by atoms with van der Waals surface area (Å²) in [4.78, 5) is 0. The monoisotopic (exact) mass is 343 g/mol. The molecule has 1 unspecified atom stereocenters. The predicted molar refractivity (Wildman–Crippen MR) is 96.1 cm³/mol. The van der Waals surface area contributed by atoms with Gasteiger partial charge < -0.3 is 22.3 Å². The molecule has 3 aliphatic rings.